The number of carbonyl (C=O) groups excluding carboxylic acids is 1. The molecule has 2 aliphatic heterocycles. The Balaban J connectivity index is 0.00000280. The Morgan fingerprint density at radius 2 is 2.11 bits per heavy atom. The van der Waals surface area contributed by atoms with Crippen molar-refractivity contribution >= 4 is 18.3 Å². The van der Waals surface area contributed by atoms with Crippen LogP contribution in [0.2, 0.25) is 0 Å². The van der Waals surface area contributed by atoms with Gasteiger partial charge in [-0.2, -0.15) is 0 Å². The first-order valence-electron chi connectivity index (χ1n) is 10.4. The maximum Gasteiger partial charge on any atom is 0.223 e. The van der Waals surface area contributed by atoms with Gasteiger partial charge in [-0.25, -0.2) is 0 Å². The first kappa shape index (κ1) is 23.0. The predicted molar refractivity (Wildman–Crippen MR) is 114 cm³/mol. The summed E-state index contributed by atoms with van der Waals surface area (Å²) in [7, 11) is 1.68. The van der Waals surface area contributed by atoms with Crippen molar-refractivity contribution in [3.8, 4) is 5.75 Å². The fraction of sp³-hybridized carbons (Fsp3) is 0.682. The fourth-order valence-electron chi connectivity index (χ4n) is 4.26. The first-order chi connectivity index (χ1) is 13.2. The minimum Gasteiger partial charge on any atom is -0.497 e. The first-order valence-corrected chi connectivity index (χ1v) is 10.4. The minimum absolute atomic E-state index is 0. The summed E-state index contributed by atoms with van der Waals surface area (Å²) in [5, 5.41) is 3.41. The predicted octanol–water partition coefficient (Wildman–Crippen LogP) is 3.65. The second-order valence-electron chi connectivity index (χ2n) is 8.03. The van der Waals surface area contributed by atoms with Gasteiger partial charge in [-0.05, 0) is 68.3 Å². The highest BCUT2D eigenvalue weighted by Gasteiger charge is 2.27. The lowest BCUT2D eigenvalue weighted by Crippen LogP contribution is -2.39. The lowest BCUT2D eigenvalue weighted by molar-refractivity contribution is -0.134. The summed E-state index contributed by atoms with van der Waals surface area (Å²) in [6.07, 6.45) is 5.30. The molecule has 6 heteroatoms. The van der Waals surface area contributed by atoms with E-state index < -0.39 is 0 Å². The van der Waals surface area contributed by atoms with Crippen LogP contribution in [-0.2, 0) is 16.1 Å². The SMILES string of the molecule is COc1cccc(CN(CC2CCCO2)C(=O)CC(C)C2CCNCC2)c1.Cl. The molecule has 1 aromatic rings. The molecule has 0 spiro atoms. The molecule has 2 aliphatic rings. The van der Waals surface area contributed by atoms with Crippen LogP contribution < -0.4 is 10.1 Å². The number of ether oxygens (including phenoxy) is 2. The van der Waals surface area contributed by atoms with Gasteiger partial charge in [0.2, 0.25) is 5.91 Å². The number of amides is 1. The normalized spacial score (nSPS) is 21.0. The van der Waals surface area contributed by atoms with Crippen LogP contribution in [0.15, 0.2) is 24.3 Å². The Kier molecular flexibility index (Phi) is 9.56. The molecule has 2 fully saturated rings. The Morgan fingerprint density at radius 1 is 1.32 bits per heavy atom. The molecular weight excluding hydrogens is 376 g/mol. The number of nitrogens with one attached hydrogen (secondary N) is 1. The zero-order valence-corrected chi connectivity index (χ0v) is 18.0. The smallest absolute Gasteiger partial charge is 0.223 e. The van der Waals surface area contributed by atoms with E-state index in [2.05, 4.69) is 18.3 Å². The number of hydrogen-bond acceptors (Lipinski definition) is 4. The van der Waals surface area contributed by atoms with E-state index in [-0.39, 0.29) is 24.4 Å². The number of carbonyl (C=O) groups is 1. The van der Waals surface area contributed by atoms with E-state index in [0.29, 0.717) is 31.3 Å². The van der Waals surface area contributed by atoms with Gasteiger partial charge in [-0.1, -0.05) is 19.1 Å². The van der Waals surface area contributed by atoms with Gasteiger partial charge >= 0.3 is 0 Å². The number of rotatable bonds is 8. The lowest BCUT2D eigenvalue weighted by atomic mass is 9.84. The van der Waals surface area contributed by atoms with Gasteiger partial charge in [-0.3, -0.25) is 4.79 Å². The second kappa shape index (κ2) is 11.6. The third-order valence-electron chi connectivity index (χ3n) is 5.99. The highest BCUT2D eigenvalue weighted by atomic mass is 35.5. The molecule has 2 unspecified atom stereocenters. The van der Waals surface area contributed by atoms with E-state index in [1.54, 1.807) is 7.11 Å². The van der Waals surface area contributed by atoms with Crippen LogP contribution in [0.1, 0.15) is 44.6 Å². The third kappa shape index (κ3) is 6.64. The molecule has 0 radical (unpaired) electrons. The van der Waals surface area contributed by atoms with Crippen molar-refractivity contribution in [3.63, 3.8) is 0 Å². The number of halogens is 1. The molecule has 0 bridgehead atoms. The van der Waals surface area contributed by atoms with E-state index in [1.807, 2.05) is 23.1 Å². The summed E-state index contributed by atoms with van der Waals surface area (Å²) in [6.45, 7) is 6.52. The lowest BCUT2D eigenvalue weighted by Gasteiger charge is -2.31. The summed E-state index contributed by atoms with van der Waals surface area (Å²) in [5.74, 6) is 2.16. The summed E-state index contributed by atoms with van der Waals surface area (Å²) < 4.78 is 11.2. The average Bonchev–Trinajstić information content (AvgIpc) is 3.21. The molecule has 2 atom stereocenters. The zero-order valence-electron chi connectivity index (χ0n) is 17.2. The van der Waals surface area contributed by atoms with Crippen molar-refractivity contribution < 1.29 is 14.3 Å². The number of benzene rings is 1. The van der Waals surface area contributed by atoms with Gasteiger partial charge in [0, 0.05) is 26.1 Å². The van der Waals surface area contributed by atoms with Gasteiger partial charge in [-0.15, -0.1) is 12.4 Å². The molecule has 2 heterocycles. The van der Waals surface area contributed by atoms with Gasteiger partial charge < -0.3 is 19.7 Å². The highest BCUT2D eigenvalue weighted by Crippen LogP contribution is 2.26. The van der Waals surface area contributed by atoms with Crippen LogP contribution in [0.4, 0.5) is 0 Å². The van der Waals surface area contributed by atoms with Gasteiger partial charge in [0.1, 0.15) is 5.75 Å². The van der Waals surface area contributed by atoms with Crippen LogP contribution >= 0.6 is 12.4 Å². The molecule has 1 N–H and O–H groups in total. The Labute approximate surface area is 175 Å². The third-order valence-corrected chi connectivity index (χ3v) is 5.99. The van der Waals surface area contributed by atoms with Gasteiger partial charge in [0.25, 0.3) is 0 Å². The molecule has 28 heavy (non-hydrogen) atoms. The highest BCUT2D eigenvalue weighted by molar-refractivity contribution is 5.85. The summed E-state index contributed by atoms with van der Waals surface area (Å²) >= 11 is 0. The number of piperidine rings is 1. The van der Waals surface area contributed by atoms with Crippen LogP contribution in [0.25, 0.3) is 0 Å². The summed E-state index contributed by atoms with van der Waals surface area (Å²) in [4.78, 5) is 15.2. The molecule has 3 rings (SSSR count). The number of methoxy groups -OCH3 is 1. The molecular formula is C22H35ClN2O3. The second-order valence-corrected chi connectivity index (χ2v) is 8.03. The molecule has 0 aromatic heterocycles. The molecule has 0 saturated carbocycles. The van der Waals surface area contributed by atoms with Crippen molar-refractivity contribution in [2.24, 2.45) is 11.8 Å². The van der Waals surface area contributed by atoms with Crippen LogP contribution in [0.3, 0.4) is 0 Å². The minimum atomic E-state index is 0. The molecule has 1 amide bonds. The maximum absolute atomic E-state index is 13.2. The van der Waals surface area contributed by atoms with Gasteiger partial charge in [0.05, 0.1) is 13.2 Å². The Morgan fingerprint density at radius 3 is 2.79 bits per heavy atom. The molecule has 158 valence electrons. The standard InChI is InChI=1S/C22H34N2O3.ClH/c1-17(19-8-10-23-11-9-19)13-22(25)24(16-21-7-4-12-27-21)15-18-5-3-6-20(14-18)26-2;/h3,5-6,14,17,19,21,23H,4,7-13,15-16H2,1-2H3;1H. The van der Waals surface area contributed by atoms with Crippen molar-refractivity contribution in [2.45, 2.75) is 51.7 Å². The monoisotopic (exact) mass is 410 g/mol. The van der Waals surface area contributed by atoms with E-state index in [4.69, 9.17) is 9.47 Å². The van der Waals surface area contributed by atoms with E-state index >= 15 is 0 Å². The largest absolute Gasteiger partial charge is 0.497 e. The van der Waals surface area contributed by atoms with E-state index in [0.717, 1.165) is 43.9 Å². The molecule has 2 saturated heterocycles. The fourth-order valence-corrected chi connectivity index (χ4v) is 4.26. The number of hydrogen-bond donors (Lipinski definition) is 1. The van der Waals surface area contributed by atoms with E-state index in [9.17, 15) is 4.79 Å². The quantitative estimate of drug-likeness (QED) is 0.710. The molecule has 5 nitrogen and oxygen atoms in total. The van der Waals surface area contributed by atoms with Crippen molar-refractivity contribution in [1.29, 1.82) is 0 Å². The molecule has 1 aromatic carbocycles. The topological polar surface area (TPSA) is 50.8 Å². The average molecular weight is 411 g/mol. The summed E-state index contributed by atoms with van der Waals surface area (Å²) in [6, 6.07) is 8.01. The van der Waals surface area contributed by atoms with Crippen molar-refractivity contribution in [3.05, 3.63) is 29.8 Å². The van der Waals surface area contributed by atoms with Crippen molar-refractivity contribution in [2.75, 3.05) is 33.4 Å². The molecule has 0 aliphatic carbocycles. The number of nitrogens with zero attached hydrogens (tertiary/aromatic N) is 1. The zero-order chi connectivity index (χ0) is 19.1. The Bertz CT molecular complexity index is 601. The van der Waals surface area contributed by atoms with E-state index in [1.165, 1.54) is 12.8 Å². The Hall–Kier alpha value is -1.30. The van der Waals surface area contributed by atoms with Gasteiger partial charge in [0.15, 0.2) is 0 Å². The van der Waals surface area contributed by atoms with Crippen LogP contribution in [0.5, 0.6) is 5.75 Å². The van der Waals surface area contributed by atoms with Crippen LogP contribution in [0, 0.1) is 11.8 Å². The van der Waals surface area contributed by atoms with Crippen LogP contribution in [-0.4, -0.2) is 50.3 Å². The maximum atomic E-state index is 13.2. The van der Waals surface area contributed by atoms with Crippen molar-refractivity contribution in [1.82, 2.24) is 10.2 Å². The summed E-state index contributed by atoms with van der Waals surface area (Å²) in [5.41, 5.74) is 1.11.